The summed E-state index contributed by atoms with van der Waals surface area (Å²) in [6.45, 7) is 12.3. The summed E-state index contributed by atoms with van der Waals surface area (Å²) < 4.78 is 17.0. The van der Waals surface area contributed by atoms with E-state index < -0.39 is 0 Å². The van der Waals surface area contributed by atoms with Gasteiger partial charge in [0, 0.05) is 0 Å². The molecule has 1 aromatic rings. The van der Waals surface area contributed by atoms with Gasteiger partial charge in [-0.1, -0.05) is 12.7 Å². The molecule has 0 bridgehead atoms. The lowest BCUT2D eigenvalue weighted by Gasteiger charge is -2.32. The summed E-state index contributed by atoms with van der Waals surface area (Å²) in [6.07, 6.45) is 2.41. The SMILES string of the molecule is C=CCOc1ccc(OCC[NH+]2C[C@@H](C)O[C@@H](C)C2)cc1. The number of rotatable bonds is 7. The van der Waals surface area contributed by atoms with Crippen LogP contribution in [0.15, 0.2) is 36.9 Å². The lowest BCUT2D eigenvalue weighted by molar-refractivity contribution is -0.915. The van der Waals surface area contributed by atoms with Crippen molar-refractivity contribution in [2.75, 3.05) is 32.8 Å². The highest BCUT2D eigenvalue weighted by atomic mass is 16.5. The fraction of sp³-hybridized carbons (Fsp3) is 0.529. The average molecular weight is 292 g/mol. The van der Waals surface area contributed by atoms with Crippen molar-refractivity contribution in [1.82, 2.24) is 0 Å². The van der Waals surface area contributed by atoms with E-state index in [-0.39, 0.29) is 0 Å². The zero-order valence-electron chi connectivity index (χ0n) is 13.0. The Bertz CT molecular complexity index is 422. The largest absolute Gasteiger partial charge is 0.490 e. The monoisotopic (exact) mass is 292 g/mol. The number of hydrogen-bond acceptors (Lipinski definition) is 3. The van der Waals surface area contributed by atoms with Crippen LogP contribution in [0.1, 0.15) is 13.8 Å². The van der Waals surface area contributed by atoms with Crippen molar-refractivity contribution in [2.24, 2.45) is 0 Å². The third-order valence-electron chi connectivity index (χ3n) is 3.53. The van der Waals surface area contributed by atoms with Crippen LogP contribution < -0.4 is 14.4 Å². The van der Waals surface area contributed by atoms with E-state index in [0.717, 1.165) is 37.7 Å². The smallest absolute Gasteiger partial charge is 0.137 e. The lowest BCUT2D eigenvalue weighted by Crippen LogP contribution is -3.16. The van der Waals surface area contributed by atoms with Crippen molar-refractivity contribution in [1.29, 1.82) is 0 Å². The van der Waals surface area contributed by atoms with Gasteiger partial charge in [0.25, 0.3) is 0 Å². The van der Waals surface area contributed by atoms with E-state index in [1.54, 1.807) is 11.0 Å². The molecule has 1 aliphatic heterocycles. The minimum Gasteiger partial charge on any atom is -0.490 e. The molecule has 3 atom stereocenters. The van der Waals surface area contributed by atoms with E-state index in [4.69, 9.17) is 14.2 Å². The van der Waals surface area contributed by atoms with Gasteiger partial charge in [-0.05, 0) is 38.1 Å². The van der Waals surface area contributed by atoms with Gasteiger partial charge in [0.2, 0.25) is 0 Å². The Labute approximate surface area is 127 Å². The second-order valence-electron chi connectivity index (χ2n) is 5.59. The molecule has 1 saturated heterocycles. The van der Waals surface area contributed by atoms with Crippen LogP contribution >= 0.6 is 0 Å². The number of hydrogen-bond donors (Lipinski definition) is 1. The molecular formula is C17H26NO3+. The Balaban J connectivity index is 1.71. The summed E-state index contributed by atoms with van der Waals surface area (Å²) in [5, 5.41) is 0. The Morgan fingerprint density at radius 3 is 2.29 bits per heavy atom. The van der Waals surface area contributed by atoms with Crippen molar-refractivity contribution in [3.05, 3.63) is 36.9 Å². The fourth-order valence-electron chi connectivity index (χ4n) is 2.69. The van der Waals surface area contributed by atoms with Crippen LogP contribution in [0.5, 0.6) is 11.5 Å². The van der Waals surface area contributed by atoms with Crippen molar-refractivity contribution in [3.8, 4) is 11.5 Å². The zero-order chi connectivity index (χ0) is 15.1. The van der Waals surface area contributed by atoms with E-state index in [0.29, 0.717) is 18.8 Å². The molecule has 1 aliphatic rings. The molecule has 0 aromatic heterocycles. The van der Waals surface area contributed by atoms with Gasteiger partial charge >= 0.3 is 0 Å². The number of ether oxygens (including phenoxy) is 3. The first-order chi connectivity index (χ1) is 10.2. The van der Waals surface area contributed by atoms with E-state index >= 15 is 0 Å². The lowest BCUT2D eigenvalue weighted by atomic mass is 10.2. The molecule has 2 rings (SSSR count). The van der Waals surface area contributed by atoms with Gasteiger partial charge in [-0.2, -0.15) is 0 Å². The summed E-state index contributed by atoms with van der Waals surface area (Å²) in [6, 6.07) is 7.73. The van der Waals surface area contributed by atoms with Crippen LogP contribution in [0.25, 0.3) is 0 Å². The number of quaternary nitrogens is 1. The molecule has 1 fully saturated rings. The van der Waals surface area contributed by atoms with E-state index in [1.807, 2.05) is 24.3 Å². The van der Waals surface area contributed by atoms with Crippen LogP contribution in [0, 0.1) is 0 Å². The quantitative estimate of drug-likeness (QED) is 0.769. The highest BCUT2D eigenvalue weighted by Gasteiger charge is 2.25. The second-order valence-corrected chi connectivity index (χ2v) is 5.59. The fourth-order valence-corrected chi connectivity index (χ4v) is 2.69. The Kier molecular flexibility index (Phi) is 6.08. The van der Waals surface area contributed by atoms with Crippen LogP contribution in [0.3, 0.4) is 0 Å². The van der Waals surface area contributed by atoms with Crippen LogP contribution in [-0.4, -0.2) is 45.1 Å². The maximum Gasteiger partial charge on any atom is 0.137 e. The third kappa shape index (κ3) is 5.40. The molecule has 0 amide bonds. The standard InChI is InChI=1S/C17H25NO3/c1-4-10-19-16-5-7-17(8-6-16)20-11-9-18-12-14(2)21-15(3)13-18/h4-8,14-15H,1,9-13H2,2-3H3/p+1/t14-,15+. The van der Waals surface area contributed by atoms with Gasteiger partial charge in [0.05, 0.1) is 0 Å². The molecule has 0 radical (unpaired) electrons. The molecule has 0 spiro atoms. The van der Waals surface area contributed by atoms with Gasteiger partial charge in [0.1, 0.15) is 56.6 Å². The van der Waals surface area contributed by atoms with Gasteiger partial charge in [0.15, 0.2) is 0 Å². The van der Waals surface area contributed by atoms with Crippen molar-refractivity contribution >= 4 is 0 Å². The van der Waals surface area contributed by atoms with Crippen molar-refractivity contribution in [3.63, 3.8) is 0 Å². The average Bonchev–Trinajstić information content (AvgIpc) is 2.45. The topological polar surface area (TPSA) is 32.1 Å². The number of morpholine rings is 1. The zero-order valence-corrected chi connectivity index (χ0v) is 13.0. The second kappa shape index (κ2) is 8.05. The number of benzene rings is 1. The molecule has 4 nitrogen and oxygen atoms in total. The van der Waals surface area contributed by atoms with Gasteiger partial charge in [-0.3, -0.25) is 0 Å². The molecule has 4 heteroatoms. The minimum atomic E-state index is 0.338. The van der Waals surface area contributed by atoms with Gasteiger partial charge < -0.3 is 19.1 Å². The van der Waals surface area contributed by atoms with E-state index in [2.05, 4.69) is 20.4 Å². The molecule has 1 N–H and O–H groups in total. The van der Waals surface area contributed by atoms with E-state index in [1.165, 1.54) is 0 Å². The summed E-state index contributed by atoms with van der Waals surface area (Å²) in [5.41, 5.74) is 0. The summed E-state index contributed by atoms with van der Waals surface area (Å²) in [5.74, 6) is 1.72. The molecular weight excluding hydrogens is 266 g/mol. The predicted octanol–water partition coefficient (Wildman–Crippen LogP) is 1.32. The summed E-state index contributed by atoms with van der Waals surface area (Å²) in [4.78, 5) is 1.55. The third-order valence-corrected chi connectivity index (χ3v) is 3.53. The van der Waals surface area contributed by atoms with Crippen LogP contribution in [-0.2, 0) is 4.74 Å². The molecule has 1 aromatic carbocycles. The van der Waals surface area contributed by atoms with Crippen molar-refractivity contribution < 1.29 is 19.1 Å². The molecule has 0 saturated carbocycles. The highest BCUT2D eigenvalue weighted by molar-refractivity contribution is 5.31. The van der Waals surface area contributed by atoms with Gasteiger partial charge in [-0.15, -0.1) is 0 Å². The Hall–Kier alpha value is -1.52. The van der Waals surface area contributed by atoms with Crippen LogP contribution in [0.2, 0.25) is 0 Å². The van der Waals surface area contributed by atoms with Gasteiger partial charge in [-0.25, -0.2) is 0 Å². The number of nitrogens with one attached hydrogen (secondary N) is 1. The first-order valence-corrected chi connectivity index (χ1v) is 7.63. The molecule has 1 heterocycles. The molecule has 1 unspecified atom stereocenters. The molecule has 21 heavy (non-hydrogen) atoms. The summed E-state index contributed by atoms with van der Waals surface area (Å²) >= 11 is 0. The predicted molar refractivity (Wildman–Crippen MR) is 83.2 cm³/mol. The van der Waals surface area contributed by atoms with Crippen LogP contribution in [0.4, 0.5) is 0 Å². The first-order valence-electron chi connectivity index (χ1n) is 7.63. The highest BCUT2D eigenvalue weighted by Crippen LogP contribution is 2.17. The maximum absolute atomic E-state index is 5.80. The van der Waals surface area contributed by atoms with Crippen molar-refractivity contribution in [2.45, 2.75) is 26.1 Å². The molecule has 0 aliphatic carbocycles. The molecule has 116 valence electrons. The maximum atomic E-state index is 5.80. The normalized spacial score (nSPS) is 25.3. The summed E-state index contributed by atoms with van der Waals surface area (Å²) in [7, 11) is 0. The Morgan fingerprint density at radius 2 is 1.71 bits per heavy atom. The Morgan fingerprint density at radius 1 is 1.14 bits per heavy atom. The first kappa shape index (κ1) is 15.9. The minimum absolute atomic E-state index is 0.338. The van der Waals surface area contributed by atoms with E-state index in [9.17, 15) is 0 Å².